The summed E-state index contributed by atoms with van der Waals surface area (Å²) in [6.45, 7) is 3.81. The third-order valence-corrected chi connectivity index (χ3v) is 3.98. The summed E-state index contributed by atoms with van der Waals surface area (Å²) in [7, 11) is 1.34. The second kappa shape index (κ2) is 16.9. The molecule has 0 aromatic carbocycles. The minimum absolute atomic E-state index is 0.000697. The van der Waals surface area contributed by atoms with Gasteiger partial charge in [-0.25, -0.2) is 0 Å². The van der Waals surface area contributed by atoms with Crippen molar-refractivity contribution in [3.05, 3.63) is 12.7 Å². The number of ketones is 1. The Morgan fingerprint density at radius 1 is 0.929 bits per heavy atom. The van der Waals surface area contributed by atoms with Gasteiger partial charge in [0.05, 0.1) is 32.7 Å². The topological polar surface area (TPSA) is 116 Å². The van der Waals surface area contributed by atoms with Crippen molar-refractivity contribution in [3.8, 4) is 0 Å². The molecule has 0 heterocycles. The Labute approximate surface area is 166 Å². The van der Waals surface area contributed by atoms with Crippen LogP contribution in [-0.2, 0) is 33.4 Å². The SMILES string of the molecule is C=CCC(CCCOC(=O)CCCCOC(=O)CCC(=O)CCO)C(=O)OC. The molecular formula is C20H32O8. The lowest BCUT2D eigenvalue weighted by atomic mass is 10.00. The Balaban J connectivity index is 3.69. The standard InChI is InChI=1S/C20H32O8/c1-3-7-16(20(25)26-2)8-6-15-28-18(23)9-4-5-14-27-19(24)11-10-17(22)12-13-21/h3,16,21H,1,4-15H2,2H3. The summed E-state index contributed by atoms with van der Waals surface area (Å²) in [6, 6.07) is 0. The fourth-order valence-electron chi connectivity index (χ4n) is 2.41. The molecule has 160 valence electrons. The number of hydrogen-bond acceptors (Lipinski definition) is 8. The summed E-state index contributed by atoms with van der Waals surface area (Å²) in [6.07, 6.45) is 4.68. The largest absolute Gasteiger partial charge is 0.469 e. The minimum Gasteiger partial charge on any atom is -0.469 e. The molecular weight excluding hydrogens is 368 g/mol. The van der Waals surface area contributed by atoms with E-state index < -0.39 is 5.97 Å². The van der Waals surface area contributed by atoms with Crippen LogP contribution in [0.3, 0.4) is 0 Å². The number of carbonyl (C=O) groups excluding carboxylic acids is 4. The van der Waals surface area contributed by atoms with Gasteiger partial charge in [0.25, 0.3) is 0 Å². The average Bonchev–Trinajstić information content (AvgIpc) is 2.68. The molecule has 0 amide bonds. The molecule has 0 saturated carbocycles. The highest BCUT2D eigenvalue weighted by molar-refractivity contribution is 5.82. The number of rotatable bonds is 17. The summed E-state index contributed by atoms with van der Waals surface area (Å²) < 4.78 is 14.8. The Morgan fingerprint density at radius 3 is 2.18 bits per heavy atom. The zero-order chi connectivity index (χ0) is 21.2. The van der Waals surface area contributed by atoms with Gasteiger partial charge in [0.1, 0.15) is 5.78 Å². The summed E-state index contributed by atoms with van der Waals surface area (Å²) in [5, 5.41) is 8.60. The second-order valence-corrected chi connectivity index (χ2v) is 6.30. The van der Waals surface area contributed by atoms with E-state index in [0.717, 1.165) is 0 Å². The van der Waals surface area contributed by atoms with Crippen LogP contribution in [0.2, 0.25) is 0 Å². The normalized spacial score (nSPS) is 11.4. The Bertz CT molecular complexity index is 500. The molecule has 1 N–H and O–H groups in total. The fraction of sp³-hybridized carbons (Fsp3) is 0.700. The van der Waals surface area contributed by atoms with Gasteiger partial charge in [0, 0.05) is 25.9 Å². The van der Waals surface area contributed by atoms with Crippen LogP contribution in [0.15, 0.2) is 12.7 Å². The maximum absolute atomic E-state index is 11.6. The summed E-state index contributed by atoms with van der Waals surface area (Å²) in [4.78, 5) is 45.8. The first-order valence-corrected chi connectivity index (χ1v) is 9.57. The van der Waals surface area contributed by atoms with Crippen LogP contribution in [0.1, 0.15) is 57.8 Å². The van der Waals surface area contributed by atoms with Gasteiger partial charge in [-0.15, -0.1) is 6.58 Å². The van der Waals surface area contributed by atoms with E-state index in [0.29, 0.717) is 32.1 Å². The third-order valence-electron chi connectivity index (χ3n) is 3.98. The number of methoxy groups -OCH3 is 1. The van der Waals surface area contributed by atoms with Crippen molar-refractivity contribution in [1.82, 2.24) is 0 Å². The lowest BCUT2D eigenvalue weighted by Gasteiger charge is -2.12. The van der Waals surface area contributed by atoms with Crippen LogP contribution in [0, 0.1) is 5.92 Å². The molecule has 1 unspecified atom stereocenters. The third kappa shape index (κ3) is 13.9. The molecule has 0 spiro atoms. The predicted molar refractivity (Wildman–Crippen MR) is 101 cm³/mol. The van der Waals surface area contributed by atoms with Gasteiger partial charge < -0.3 is 19.3 Å². The van der Waals surface area contributed by atoms with E-state index in [4.69, 9.17) is 19.3 Å². The molecule has 0 radical (unpaired) electrons. The average molecular weight is 400 g/mol. The van der Waals surface area contributed by atoms with Gasteiger partial charge in [-0.3, -0.25) is 19.2 Å². The number of aliphatic hydroxyl groups excluding tert-OH is 1. The molecule has 0 aliphatic carbocycles. The smallest absolute Gasteiger partial charge is 0.308 e. The lowest BCUT2D eigenvalue weighted by molar-refractivity contribution is -0.146. The molecule has 0 aromatic heterocycles. The first-order valence-electron chi connectivity index (χ1n) is 9.57. The second-order valence-electron chi connectivity index (χ2n) is 6.30. The van der Waals surface area contributed by atoms with Crippen LogP contribution >= 0.6 is 0 Å². The van der Waals surface area contributed by atoms with Crippen molar-refractivity contribution in [2.45, 2.75) is 57.8 Å². The van der Waals surface area contributed by atoms with Gasteiger partial charge in [0.15, 0.2) is 0 Å². The Hall–Kier alpha value is -2.22. The predicted octanol–water partition coefficient (Wildman–Crippen LogP) is 2.12. The number of hydrogen-bond donors (Lipinski definition) is 1. The quantitative estimate of drug-likeness (QED) is 0.171. The Morgan fingerprint density at radius 2 is 1.57 bits per heavy atom. The minimum atomic E-state index is -0.464. The first-order chi connectivity index (χ1) is 13.4. The zero-order valence-electron chi connectivity index (χ0n) is 16.7. The number of Topliss-reactive ketones (excluding diaryl/α,β-unsaturated/α-hetero) is 1. The fourth-order valence-corrected chi connectivity index (χ4v) is 2.41. The van der Waals surface area contributed by atoms with Gasteiger partial charge >= 0.3 is 17.9 Å². The monoisotopic (exact) mass is 400 g/mol. The van der Waals surface area contributed by atoms with Gasteiger partial charge in [-0.05, 0) is 32.1 Å². The summed E-state index contributed by atoms with van der Waals surface area (Å²) in [5.74, 6) is -1.54. The molecule has 8 heteroatoms. The van der Waals surface area contributed by atoms with Gasteiger partial charge in [-0.2, -0.15) is 0 Å². The number of ether oxygens (including phenoxy) is 3. The summed E-state index contributed by atoms with van der Waals surface area (Å²) >= 11 is 0. The number of aliphatic hydroxyl groups is 1. The van der Waals surface area contributed by atoms with Gasteiger partial charge in [0.2, 0.25) is 0 Å². The number of esters is 3. The lowest BCUT2D eigenvalue weighted by Crippen LogP contribution is -2.16. The molecule has 1 atom stereocenters. The highest BCUT2D eigenvalue weighted by Gasteiger charge is 2.17. The Kier molecular flexibility index (Phi) is 15.6. The van der Waals surface area contributed by atoms with E-state index in [2.05, 4.69) is 6.58 Å². The molecule has 0 bridgehead atoms. The highest BCUT2D eigenvalue weighted by atomic mass is 16.5. The van der Waals surface area contributed by atoms with Crippen molar-refractivity contribution < 1.29 is 38.5 Å². The van der Waals surface area contributed by atoms with Crippen molar-refractivity contribution >= 4 is 23.7 Å². The maximum atomic E-state index is 11.6. The number of unbranched alkanes of at least 4 members (excludes halogenated alkanes) is 1. The van der Waals surface area contributed by atoms with Crippen LogP contribution in [0.5, 0.6) is 0 Å². The van der Waals surface area contributed by atoms with E-state index in [9.17, 15) is 19.2 Å². The van der Waals surface area contributed by atoms with Crippen LogP contribution < -0.4 is 0 Å². The van der Waals surface area contributed by atoms with Crippen molar-refractivity contribution in [2.75, 3.05) is 26.9 Å². The van der Waals surface area contributed by atoms with Crippen molar-refractivity contribution in [3.63, 3.8) is 0 Å². The number of allylic oxidation sites excluding steroid dienone is 1. The van der Waals surface area contributed by atoms with E-state index in [1.807, 2.05) is 0 Å². The molecule has 0 aromatic rings. The molecule has 0 rings (SSSR count). The molecule has 0 aliphatic heterocycles. The van der Waals surface area contributed by atoms with E-state index in [1.54, 1.807) is 6.08 Å². The molecule has 0 fully saturated rings. The van der Waals surface area contributed by atoms with E-state index in [-0.39, 0.29) is 69.1 Å². The molecule has 28 heavy (non-hydrogen) atoms. The molecule has 8 nitrogen and oxygen atoms in total. The number of carbonyl (C=O) groups is 4. The van der Waals surface area contributed by atoms with Crippen molar-refractivity contribution in [2.24, 2.45) is 5.92 Å². The van der Waals surface area contributed by atoms with Crippen LogP contribution in [-0.4, -0.2) is 55.7 Å². The van der Waals surface area contributed by atoms with Crippen LogP contribution in [0.4, 0.5) is 0 Å². The van der Waals surface area contributed by atoms with Crippen molar-refractivity contribution in [1.29, 1.82) is 0 Å². The van der Waals surface area contributed by atoms with E-state index >= 15 is 0 Å². The highest BCUT2D eigenvalue weighted by Crippen LogP contribution is 2.14. The maximum Gasteiger partial charge on any atom is 0.308 e. The van der Waals surface area contributed by atoms with E-state index in [1.165, 1.54) is 7.11 Å². The van der Waals surface area contributed by atoms with Crippen LogP contribution in [0.25, 0.3) is 0 Å². The van der Waals surface area contributed by atoms with Gasteiger partial charge in [-0.1, -0.05) is 6.08 Å². The molecule has 0 aliphatic rings. The summed E-state index contributed by atoms with van der Waals surface area (Å²) in [5.41, 5.74) is 0. The molecule has 0 saturated heterocycles. The first kappa shape index (κ1) is 25.8. The zero-order valence-corrected chi connectivity index (χ0v) is 16.7.